The molecule has 0 aliphatic carbocycles. The molecule has 4 atom stereocenters. The lowest BCUT2D eigenvalue weighted by Gasteiger charge is -2.26. The van der Waals surface area contributed by atoms with Crippen LogP contribution >= 0.6 is 0 Å². The second-order valence-corrected chi connectivity index (χ2v) is 3.41. The van der Waals surface area contributed by atoms with Crippen molar-refractivity contribution >= 4 is 0 Å². The Bertz CT molecular complexity index is 276. The van der Waals surface area contributed by atoms with Crippen molar-refractivity contribution in [2.45, 2.75) is 31.5 Å². The summed E-state index contributed by atoms with van der Waals surface area (Å²) in [5, 5.41) is 28.0. The first kappa shape index (κ1) is 10.7. The van der Waals surface area contributed by atoms with Crippen molar-refractivity contribution < 1.29 is 29.5 Å². The summed E-state index contributed by atoms with van der Waals surface area (Å²) in [4.78, 5) is 0. The fourth-order valence-corrected chi connectivity index (χ4v) is 1.56. The number of fused-ring (bicyclic) bond motifs is 1. The number of hydrogen-bond acceptors (Lipinski definition) is 6. The third kappa shape index (κ3) is 1.81. The van der Waals surface area contributed by atoms with E-state index in [1.165, 1.54) is 0 Å². The molecular weight excluding hydrogens is 204 g/mol. The summed E-state index contributed by atoms with van der Waals surface area (Å²) in [6, 6.07) is 0. The van der Waals surface area contributed by atoms with Crippen molar-refractivity contribution in [2.24, 2.45) is 0 Å². The van der Waals surface area contributed by atoms with E-state index in [-0.39, 0.29) is 11.5 Å². The van der Waals surface area contributed by atoms with Gasteiger partial charge in [-0.3, -0.25) is 0 Å². The molecule has 6 heteroatoms. The predicted molar refractivity (Wildman–Crippen MR) is 47.9 cm³/mol. The van der Waals surface area contributed by atoms with Gasteiger partial charge in [0.05, 0.1) is 13.2 Å². The van der Waals surface area contributed by atoms with Crippen molar-refractivity contribution in [2.75, 3.05) is 13.2 Å². The molecule has 86 valence electrons. The third-order valence-electron chi connectivity index (χ3n) is 2.35. The third-order valence-corrected chi connectivity index (χ3v) is 2.35. The summed E-state index contributed by atoms with van der Waals surface area (Å²) in [5.74, 6) is 0.100. The highest BCUT2D eigenvalue weighted by atomic mass is 16.8. The molecule has 0 radical (unpaired) electrons. The van der Waals surface area contributed by atoms with Crippen molar-refractivity contribution in [3.05, 3.63) is 11.5 Å². The normalized spacial score (nSPS) is 36.1. The molecule has 0 bridgehead atoms. The second kappa shape index (κ2) is 3.97. The second-order valence-electron chi connectivity index (χ2n) is 3.41. The molecule has 2 aliphatic heterocycles. The summed E-state index contributed by atoms with van der Waals surface area (Å²) in [5.41, 5.74) is 0. The highest BCUT2D eigenvalue weighted by Crippen LogP contribution is 2.39. The van der Waals surface area contributed by atoms with Gasteiger partial charge in [-0.2, -0.15) is 0 Å². The Kier molecular flexibility index (Phi) is 2.83. The highest BCUT2D eigenvalue weighted by Gasteiger charge is 2.53. The van der Waals surface area contributed by atoms with E-state index in [4.69, 9.17) is 19.3 Å². The Balaban J connectivity index is 2.18. The van der Waals surface area contributed by atoms with Gasteiger partial charge < -0.3 is 29.5 Å². The quantitative estimate of drug-likeness (QED) is 0.539. The van der Waals surface area contributed by atoms with Gasteiger partial charge in [-0.15, -0.1) is 0 Å². The molecule has 2 rings (SSSR count). The van der Waals surface area contributed by atoms with E-state index in [2.05, 4.69) is 0 Å². The Hall–Kier alpha value is -0.820. The molecule has 4 unspecified atom stereocenters. The van der Waals surface area contributed by atoms with E-state index in [1.807, 2.05) is 0 Å². The summed E-state index contributed by atoms with van der Waals surface area (Å²) >= 11 is 0. The molecule has 15 heavy (non-hydrogen) atoms. The SMILES string of the molecule is CCOC1=C(O)C2OC2OC1C(O)CO. The number of aliphatic hydroxyl groups is 3. The molecule has 0 saturated carbocycles. The van der Waals surface area contributed by atoms with Crippen LogP contribution in [0.4, 0.5) is 0 Å². The van der Waals surface area contributed by atoms with Crippen LogP contribution in [-0.2, 0) is 14.2 Å². The highest BCUT2D eigenvalue weighted by molar-refractivity contribution is 5.20. The van der Waals surface area contributed by atoms with E-state index >= 15 is 0 Å². The number of ether oxygens (including phenoxy) is 3. The lowest BCUT2D eigenvalue weighted by atomic mass is 10.1. The van der Waals surface area contributed by atoms with Crippen LogP contribution in [0.3, 0.4) is 0 Å². The van der Waals surface area contributed by atoms with Crippen LogP contribution in [0.5, 0.6) is 0 Å². The molecule has 1 saturated heterocycles. The first-order valence-corrected chi connectivity index (χ1v) is 4.84. The van der Waals surface area contributed by atoms with Gasteiger partial charge in [0, 0.05) is 0 Å². The zero-order valence-corrected chi connectivity index (χ0v) is 8.29. The molecule has 0 aromatic carbocycles. The summed E-state index contributed by atoms with van der Waals surface area (Å²) in [6.07, 6.45) is -2.99. The Morgan fingerprint density at radius 2 is 2.20 bits per heavy atom. The average molecular weight is 218 g/mol. The smallest absolute Gasteiger partial charge is 0.193 e. The Labute approximate surface area is 86.7 Å². The molecule has 0 aromatic rings. The van der Waals surface area contributed by atoms with E-state index in [0.29, 0.717) is 6.61 Å². The first-order chi connectivity index (χ1) is 7.19. The van der Waals surface area contributed by atoms with Gasteiger partial charge in [-0.1, -0.05) is 0 Å². The number of rotatable bonds is 4. The van der Waals surface area contributed by atoms with Crippen LogP contribution in [0.25, 0.3) is 0 Å². The fraction of sp³-hybridized carbons (Fsp3) is 0.778. The number of hydrogen-bond donors (Lipinski definition) is 3. The lowest BCUT2D eigenvalue weighted by molar-refractivity contribution is -0.0975. The van der Waals surface area contributed by atoms with Crippen LogP contribution in [0, 0.1) is 0 Å². The van der Waals surface area contributed by atoms with Crippen molar-refractivity contribution in [3.8, 4) is 0 Å². The first-order valence-electron chi connectivity index (χ1n) is 4.84. The van der Waals surface area contributed by atoms with Crippen LogP contribution in [0.1, 0.15) is 6.92 Å². The van der Waals surface area contributed by atoms with Crippen LogP contribution in [-0.4, -0.2) is 53.1 Å². The number of aliphatic hydroxyl groups excluding tert-OH is 3. The van der Waals surface area contributed by atoms with Crippen molar-refractivity contribution in [1.82, 2.24) is 0 Å². The van der Waals surface area contributed by atoms with Crippen molar-refractivity contribution in [3.63, 3.8) is 0 Å². The van der Waals surface area contributed by atoms with Crippen LogP contribution < -0.4 is 0 Å². The minimum atomic E-state index is -1.13. The average Bonchev–Trinajstić information content (AvgIpc) is 3.00. The molecule has 0 amide bonds. The van der Waals surface area contributed by atoms with Gasteiger partial charge >= 0.3 is 0 Å². The summed E-state index contributed by atoms with van der Waals surface area (Å²) in [7, 11) is 0. The maximum Gasteiger partial charge on any atom is 0.193 e. The van der Waals surface area contributed by atoms with Gasteiger partial charge in [-0.25, -0.2) is 0 Å². The molecular formula is C9H14O6. The van der Waals surface area contributed by atoms with Gasteiger partial charge in [-0.05, 0) is 6.92 Å². The van der Waals surface area contributed by atoms with Gasteiger partial charge in [0.25, 0.3) is 0 Å². The van der Waals surface area contributed by atoms with Gasteiger partial charge in [0.1, 0.15) is 12.2 Å². The topological polar surface area (TPSA) is 91.7 Å². The van der Waals surface area contributed by atoms with Crippen LogP contribution in [0.2, 0.25) is 0 Å². The maximum atomic E-state index is 9.68. The summed E-state index contributed by atoms with van der Waals surface area (Å²) < 4.78 is 15.4. The minimum Gasteiger partial charge on any atom is -0.506 e. The lowest BCUT2D eigenvalue weighted by Crippen LogP contribution is -2.39. The molecule has 1 fully saturated rings. The molecule has 2 heterocycles. The maximum absolute atomic E-state index is 9.68. The van der Waals surface area contributed by atoms with Crippen molar-refractivity contribution in [1.29, 1.82) is 0 Å². The number of epoxide rings is 1. The Morgan fingerprint density at radius 3 is 2.80 bits per heavy atom. The molecule has 6 nitrogen and oxygen atoms in total. The standard InChI is InChI=1S/C9H14O6/c1-2-13-7-5(12)8-9(15-8)14-6(7)4(11)3-10/h4,6,8-12H,2-3H2,1H3. The molecule has 2 aliphatic rings. The van der Waals surface area contributed by atoms with Crippen LogP contribution in [0.15, 0.2) is 11.5 Å². The van der Waals surface area contributed by atoms with E-state index in [1.54, 1.807) is 6.92 Å². The monoisotopic (exact) mass is 218 g/mol. The zero-order valence-electron chi connectivity index (χ0n) is 8.29. The van der Waals surface area contributed by atoms with E-state index in [9.17, 15) is 10.2 Å². The van der Waals surface area contributed by atoms with Gasteiger partial charge in [0.2, 0.25) is 0 Å². The molecule has 3 N–H and O–H groups in total. The molecule has 0 spiro atoms. The fourth-order valence-electron chi connectivity index (χ4n) is 1.56. The predicted octanol–water partition coefficient (Wildman–Crippen LogP) is -0.731. The summed E-state index contributed by atoms with van der Waals surface area (Å²) in [6.45, 7) is 1.63. The van der Waals surface area contributed by atoms with E-state index in [0.717, 1.165) is 0 Å². The zero-order chi connectivity index (χ0) is 11.0. The Morgan fingerprint density at radius 1 is 1.47 bits per heavy atom. The van der Waals surface area contributed by atoms with Gasteiger partial charge in [0.15, 0.2) is 23.9 Å². The minimum absolute atomic E-state index is 0.0504. The molecule has 0 aromatic heterocycles. The van der Waals surface area contributed by atoms with E-state index < -0.39 is 31.2 Å². The largest absolute Gasteiger partial charge is 0.506 e.